The standard InChI is InChI=1S/C14H22O3/c1-4-17-13-7-5-12(6-8-13)14(15)11(2)9-10-16-3/h5-8,11,14-15H,4,9-10H2,1-3H3. The molecular weight excluding hydrogens is 216 g/mol. The molecule has 0 aromatic heterocycles. The fourth-order valence-corrected chi connectivity index (χ4v) is 1.72. The zero-order valence-corrected chi connectivity index (χ0v) is 10.8. The molecule has 1 aromatic carbocycles. The molecule has 1 rings (SSSR count). The molecule has 0 aliphatic heterocycles. The van der Waals surface area contributed by atoms with Crippen LogP contribution in [0.5, 0.6) is 5.75 Å². The molecule has 0 aliphatic carbocycles. The van der Waals surface area contributed by atoms with Crippen LogP contribution >= 0.6 is 0 Å². The second-order valence-corrected chi connectivity index (χ2v) is 4.21. The van der Waals surface area contributed by atoms with Gasteiger partial charge in [-0.2, -0.15) is 0 Å². The van der Waals surface area contributed by atoms with E-state index < -0.39 is 6.10 Å². The van der Waals surface area contributed by atoms with E-state index in [0.717, 1.165) is 17.7 Å². The van der Waals surface area contributed by atoms with Crippen LogP contribution in [-0.4, -0.2) is 25.4 Å². The highest BCUT2D eigenvalue weighted by Crippen LogP contribution is 2.25. The van der Waals surface area contributed by atoms with E-state index in [0.29, 0.717) is 13.2 Å². The maximum absolute atomic E-state index is 10.1. The fraction of sp³-hybridized carbons (Fsp3) is 0.571. The summed E-state index contributed by atoms with van der Waals surface area (Å²) in [6, 6.07) is 7.62. The summed E-state index contributed by atoms with van der Waals surface area (Å²) >= 11 is 0. The number of aliphatic hydroxyl groups is 1. The van der Waals surface area contributed by atoms with E-state index >= 15 is 0 Å². The van der Waals surface area contributed by atoms with Crippen LogP contribution in [0.2, 0.25) is 0 Å². The van der Waals surface area contributed by atoms with Crippen LogP contribution in [0.3, 0.4) is 0 Å². The van der Waals surface area contributed by atoms with E-state index in [9.17, 15) is 5.11 Å². The molecule has 0 aliphatic rings. The Hall–Kier alpha value is -1.06. The van der Waals surface area contributed by atoms with Crippen molar-refractivity contribution < 1.29 is 14.6 Å². The van der Waals surface area contributed by atoms with Crippen molar-refractivity contribution in [3.63, 3.8) is 0 Å². The van der Waals surface area contributed by atoms with Crippen LogP contribution in [0.4, 0.5) is 0 Å². The first-order valence-corrected chi connectivity index (χ1v) is 6.08. The minimum atomic E-state index is -0.444. The van der Waals surface area contributed by atoms with Crippen molar-refractivity contribution in [2.75, 3.05) is 20.3 Å². The lowest BCUT2D eigenvalue weighted by Crippen LogP contribution is -2.11. The van der Waals surface area contributed by atoms with Crippen LogP contribution < -0.4 is 4.74 Å². The number of hydrogen-bond acceptors (Lipinski definition) is 3. The van der Waals surface area contributed by atoms with E-state index in [-0.39, 0.29) is 5.92 Å². The minimum absolute atomic E-state index is 0.188. The molecule has 1 aromatic rings. The topological polar surface area (TPSA) is 38.7 Å². The van der Waals surface area contributed by atoms with Crippen molar-refractivity contribution in [3.05, 3.63) is 29.8 Å². The Morgan fingerprint density at radius 1 is 1.24 bits per heavy atom. The predicted octanol–water partition coefficient (Wildman–Crippen LogP) is 2.79. The molecule has 2 atom stereocenters. The Balaban J connectivity index is 2.58. The molecule has 1 N–H and O–H groups in total. The highest BCUT2D eigenvalue weighted by atomic mass is 16.5. The summed E-state index contributed by atoms with van der Waals surface area (Å²) in [4.78, 5) is 0. The van der Waals surface area contributed by atoms with Crippen molar-refractivity contribution >= 4 is 0 Å². The van der Waals surface area contributed by atoms with Gasteiger partial charge in [0.15, 0.2) is 0 Å². The van der Waals surface area contributed by atoms with Gasteiger partial charge < -0.3 is 14.6 Å². The Bertz CT molecular complexity index is 308. The van der Waals surface area contributed by atoms with Crippen LogP contribution in [0.1, 0.15) is 31.9 Å². The number of methoxy groups -OCH3 is 1. The van der Waals surface area contributed by atoms with E-state index in [1.54, 1.807) is 7.11 Å². The lowest BCUT2D eigenvalue weighted by Gasteiger charge is -2.19. The summed E-state index contributed by atoms with van der Waals surface area (Å²) in [5.41, 5.74) is 0.928. The molecule has 0 saturated carbocycles. The first-order chi connectivity index (χ1) is 8.19. The van der Waals surface area contributed by atoms with Crippen molar-refractivity contribution in [2.45, 2.75) is 26.4 Å². The van der Waals surface area contributed by atoms with E-state index in [1.807, 2.05) is 38.1 Å². The molecule has 0 saturated heterocycles. The molecule has 0 fully saturated rings. The number of aliphatic hydroxyl groups excluding tert-OH is 1. The summed E-state index contributed by atoms with van der Waals surface area (Å²) < 4.78 is 10.4. The zero-order valence-electron chi connectivity index (χ0n) is 10.8. The Morgan fingerprint density at radius 3 is 2.41 bits per heavy atom. The highest BCUT2D eigenvalue weighted by molar-refractivity contribution is 5.28. The quantitative estimate of drug-likeness (QED) is 0.794. The third kappa shape index (κ3) is 4.36. The van der Waals surface area contributed by atoms with Gasteiger partial charge in [-0.1, -0.05) is 19.1 Å². The molecule has 17 heavy (non-hydrogen) atoms. The lowest BCUT2D eigenvalue weighted by molar-refractivity contribution is 0.0886. The van der Waals surface area contributed by atoms with Crippen LogP contribution in [0.15, 0.2) is 24.3 Å². The normalized spacial score (nSPS) is 14.4. The largest absolute Gasteiger partial charge is 0.494 e. The van der Waals surface area contributed by atoms with Gasteiger partial charge in [0.05, 0.1) is 12.7 Å². The number of benzene rings is 1. The van der Waals surface area contributed by atoms with Crippen molar-refractivity contribution in [1.29, 1.82) is 0 Å². The molecular formula is C14H22O3. The minimum Gasteiger partial charge on any atom is -0.494 e. The number of ether oxygens (including phenoxy) is 2. The summed E-state index contributed by atoms with van der Waals surface area (Å²) in [5, 5.41) is 10.1. The van der Waals surface area contributed by atoms with Crippen LogP contribution in [0, 0.1) is 5.92 Å². The summed E-state index contributed by atoms with van der Waals surface area (Å²) in [7, 11) is 1.68. The smallest absolute Gasteiger partial charge is 0.119 e. The molecule has 0 spiro atoms. The highest BCUT2D eigenvalue weighted by Gasteiger charge is 2.15. The summed E-state index contributed by atoms with van der Waals surface area (Å²) in [6.07, 6.45) is 0.408. The number of hydrogen-bond donors (Lipinski definition) is 1. The Kier molecular flexibility index (Phi) is 6.01. The van der Waals surface area contributed by atoms with Gasteiger partial charge in [-0.3, -0.25) is 0 Å². The van der Waals surface area contributed by atoms with Crippen molar-refractivity contribution in [3.8, 4) is 5.75 Å². The van der Waals surface area contributed by atoms with Gasteiger partial charge in [-0.25, -0.2) is 0 Å². The molecule has 0 heterocycles. The first kappa shape index (κ1) is 14.0. The predicted molar refractivity (Wildman–Crippen MR) is 68.2 cm³/mol. The van der Waals surface area contributed by atoms with E-state index in [2.05, 4.69) is 0 Å². The molecule has 2 unspecified atom stereocenters. The second-order valence-electron chi connectivity index (χ2n) is 4.21. The molecule has 3 nitrogen and oxygen atoms in total. The average molecular weight is 238 g/mol. The number of rotatable bonds is 7. The van der Waals surface area contributed by atoms with Crippen molar-refractivity contribution in [2.24, 2.45) is 5.92 Å². The molecule has 0 radical (unpaired) electrons. The first-order valence-electron chi connectivity index (χ1n) is 6.08. The van der Waals surface area contributed by atoms with Gasteiger partial charge in [-0.05, 0) is 37.0 Å². The zero-order chi connectivity index (χ0) is 12.7. The van der Waals surface area contributed by atoms with Crippen LogP contribution in [-0.2, 0) is 4.74 Å². The fourth-order valence-electron chi connectivity index (χ4n) is 1.72. The lowest BCUT2D eigenvalue weighted by atomic mass is 9.95. The molecule has 96 valence electrons. The third-order valence-electron chi connectivity index (χ3n) is 2.85. The van der Waals surface area contributed by atoms with Gasteiger partial charge in [0, 0.05) is 13.7 Å². The monoisotopic (exact) mass is 238 g/mol. The van der Waals surface area contributed by atoms with E-state index in [4.69, 9.17) is 9.47 Å². The van der Waals surface area contributed by atoms with Crippen molar-refractivity contribution in [1.82, 2.24) is 0 Å². The maximum atomic E-state index is 10.1. The molecule has 0 amide bonds. The SMILES string of the molecule is CCOc1ccc(C(O)C(C)CCOC)cc1. The van der Waals surface area contributed by atoms with Gasteiger partial charge in [0.25, 0.3) is 0 Å². The summed E-state index contributed by atoms with van der Waals surface area (Å²) in [6.45, 7) is 5.32. The summed E-state index contributed by atoms with van der Waals surface area (Å²) in [5.74, 6) is 1.03. The molecule has 0 bridgehead atoms. The second kappa shape index (κ2) is 7.30. The van der Waals surface area contributed by atoms with Gasteiger partial charge in [0.1, 0.15) is 5.75 Å². The third-order valence-corrected chi connectivity index (χ3v) is 2.85. The maximum Gasteiger partial charge on any atom is 0.119 e. The Labute approximate surface area is 103 Å². The Morgan fingerprint density at radius 2 is 1.88 bits per heavy atom. The molecule has 3 heteroatoms. The van der Waals surface area contributed by atoms with Gasteiger partial charge >= 0.3 is 0 Å². The van der Waals surface area contributed by atoms with Gasteiger partial charge in [0.2, 0.25) is 0 Å². The van der Waals surface area contributed by atoms with Gasteiger partial charge in [-0.15, -0.1) is 0 Å². The average Bonchev–Trinajstić information content (AvgIpc) is 2.36. The van der Waals surface area contributed by atoms with E-state index in [1.165, 1.54) is 0 Å². The van der Waals surface area contributed by atoms with Crippen LogP contribution in [0.25, 0.3) is 0 Å².